The molecule has 0 spiro atoms. The number of anilines is 1. The van der Waals surface area contributed by atoms with Gasteiger partial charge in [0.05, 0.1) is 5.69 Å². The lowest BCUT2D eigenvalue weighted by molar-refractivity contribution is 1.01. The predicted octanol–water partition coefficient (Wildman–Crippen LogP) is 2.83. The van der Waals surface area contributed by atoms with Crippen molar-refractivity contribution in [2.45, 2.75) is 20.8 Å². The molecule has 0 heterocycles. The molecular weight excluding hydrogens is 160 g/mol. The maximum atomic E-state index is 4.33. The summed E-state index contributed by atoms with van der Waals surface area (Å²) in [6.07, 6.45) is 0. The molecule has 0 N–H and O–H groups in total. The zero-order valence-electron chi connectivity index (χ0n) is 8.70. The Balaban J connectivity index is 2.83. The highest BCUT2D eigenvalue weighted by molar-refractivity contribution is 5.80. The molecular formula is C11H16N2. The van der Waals surface area contributed by atoms with Crippen LogP contribution in [0.3, 0.4) is 0 Å². The van der Waals surface area contributed by atoms with Gasteiger partial charge in [-0.15, -0.1) is 0 Å². The third-order valence-electron chi connectivity index (χ3n) is 1.76. The lowest BCUT2D eigenvalue weighted by Crippen LogP contribution is -2.10. The van der Waals surface area contributed by atoms with Gasteiger partial charge >= 0.3 is 0 Å². The Morgan fingerprint density at radius 1 is 1.15 bits per heavy atom. The smallest absolute Gasteiger partial charge is 0.0590 e. The number of benzene rings is 1. The van der Waals surface area contributed by atoms with Gasteiger partial charge < -0.3 is 0 Å². The van der Waals surface area contributed by atoms with Gasteiger partial charge in [0.25, 0.3) is 0 Å². The number of nitrogens with zero attached hydrogens (tertiary/aromatic N) is 2. The minimum absolute atomic E-state index is 1.06. The van der Waals surface area contributed by atoms with Gasteiger partial charge in [0.2, 0.25) is 0 Å². The molecule has 0 amide bonds. The summed E-state index contributed by atoms with van der Waals surface area (Å²) in [5.74, 6) is 0. The zero-order valence-corrected chi connectivity index (χ0v) is 8.70. The van der Waals surface area contributed by atoms with Gasteiger partial charge in [0.1, 0.15) is 0 Å². The largest absolute Gasteiger partial charge is 0.269 e. The molecule has 1 rings (SSSR count). The van der Waals surface area contributed by atoms with E-state index >= 15 is 0 Å². The Morgan fingerprint density at radius 3 is 2.15 bits per heavy atom. The molecule has 0 radical (unpaired) electrons. The van der Waals surface area contributed by atoms with Crippen LogP contribution >= 0.6 is 0 Å². The zero-order chi connectivity index (χ0) is 9.84. The minimum Gasteiger partial charge on any atom is -0.269 e. The molecule has 0 aliphatic rings. The fraction of sp³-hybridized carbons (Fsp3) is 0.364. The van der Waals surface area contributed by atoms with Crippen molar-refractivity contribution >= 4 is 11.4 Å². The van der Waals surface area contributed by atoms with Gasteiger partial charge in [-0.25, -0.2) is 0 Å². The summed E-state index contributed by atoms with van der Waals surface area (Å²) < 4.78 is 0. The van der Waals surface area contributed by atoms with Crippen LogP contribution in [0.1, 0.15) is 19.4 Å². The Labute approximate surface area is 79.9 Å². The number of rotatable bonds is 2. The molecule has 0 fully saturated rings. The summed E-state index contributed by atoms with van der Waals surface area (Å²) in [7, 11) is 1.96. The normalized spacial score (nSPS) is 9.54. The van der Waals surface area contributed by atoms with Crippen LogP contribution in [-0.2, 0) is 0 Å². The fourth-order valence-corrected chi connectivity index (χ4v) is 1.12. The van der Waals surface area contributed by atoms with Crippen molar-refractivity contribution in [1.29, 1.82) is 0 Å². The molecule has 0 bridgehead atoms. The molecule has 0 saturated carbocycles. The molecule has 1 aromatic carbocycles. The Bertz CT molecular complexity index is 294. The molecule has 0 aromatic heterocycles. The number of hydrogen-bond acceptors (Lipinski definition) is 2. The lowest BCUT2D eigenvalue weighted by Gasteiger charge is -2.13. The molecule has 0 aliphatic carbocycles. The van der Waals surface area contributed by atoms with E-state index in [-0.39, 0.29) is 0 Å². The maximum Gasteiger partial charge on any atom is 0.0590 e. The van der Waals surface area contributed by atoms with Crippen molar-refractivity contribution in [3.63, 3.8) is 0 Å². The van der Waals surface area contributed by atoms with Gasteiger partial charge in [-0.3, -0.25) is 5.01 Å². The average molecular weight is 176 g/mol. The van der Waals surface area contributed by atoms with Crippen molar-refractivity contribution in [3.8, 4) is 0 Å². The molecule has 0 atom stereocenters. The van der Waals surface area contributed by atoms with Gasteiger partial charge in [0, 0.05) is 12.8 Å². The third-order valence-corrected chi connectivity index (χ3v) is 1.76. The van der Waals surface area contributed by atoms with E-state index in [4.69, 9.17) is 0 Å². The second-order valence-corrected chi connectivity index (χ2v) is 3.41. The Morgan fingerprint density at radius 2 is 1.69 bits per heavy atom. The number of hydrazone groups is 1. The van der Waals surface area contributed by atoms with E-state index in [2.05, 4.69) is 36.3 Å². The van der Waals surface area contributed by atoms with Crippen molar-refractivity contribution in [3.05, 3.63) is 29.8 Å². The van der Waals surface area contributed by atoms with E-state index in [1.165, 1.54) is 5.56 Å². The summed E-state index contributed by atoms with van der Waals surface area (Å²) in [4.78, 5) is 0. The van der Waals surface area contributed by atoms with Crippen molar-refractivity contribution < 1.29 is 0 Å². The first kappa shape index (κ1) is 9.78. The van der Waals surface area contributed by atoms with E-state index in [9.17, 15) is 0 Å². The van der Waals surface area contributed by atoms with Crippen molar-refractivity contribution in [1.82, 2.24) is 0 Å². The van der Waals surface area contributed by atoms with Crippen LogP contribution in [0, 0.1) is 6.92 Å². The van der Waals surface area contributed by atoms with E-state index in [0.29, 0.717) is 0 Å². The quantitative estimate of drug-likeness (QED) is 0.499. The van der Waals surface area contributed by atoms with E-state index in [1.54, 1.807) is 0 Å². The van der Waals surface area contributed by atoms with Crippen LogP contribution in [-0.4, -0.2) is 12.8 Å². The van der Waals surface area contributed by atoms with Crippen LogP contribution in [0.15, 0.2) is 29.4 Å². The first-order valence-electron chi connectivity index (χ1n) is 4.42. The summed E-state index contributed by atoms with van der Waals surface area (Å²) in [5.41, 5.74) is 3.45. The van der Waals surface area contributed by atoms with Crippen LogP contribution in [0.2, 0.25) is 0 Å². The molecule has 2 heteroatoms. The highest BCUT2D eigenvalue weighted by Crippen LogP contribution is 2.13. The van der Waals surface area contributed by atoms with Crippen LogP contribution in [0.5, 0.6) is 0 Å². The predicted molar refractivity (Wildman–Crippen MR) is 58.4 cm³/mol. The summed E-state index contributed by atoms with van der Waals surface area (Å²) in [5, 5.41) is 6.21. The van der Waals surface area contributed by atoms with Gasteiger partial charge in [-0.2, -0.15) is 5.10 Å². The minimum atomic E-state index is 1.06. The SMILES string of the molecule is CC(C)=NN(C)c1ccc(C)cc1. The van der Waals surface area contributed by atoms with Crippen LogP contribution in [0.4, 0.5) is 5.69 Å². The van der Waals surface area contributed by atoms with E-state index in [0.717, 1.165) is 11.4 Å². The summed E-state index contributed by atoms with van der Waals surface area (Å²) in [6.45, 7) is 6.06. The first-order chi connectivity index (χ1) is 6.09. The van der Waals surface area contributed by atoms with E-state index < -0.39 is 0 Å². The molecule has 2 nitrogen and oxygen atoms in total. The fourth-order valence-electron chi connectivity index (χ4n) is 1.12. The third kappa shape index (κ3) is 2.90. The van der Waals surface area contributed by atoms with E-state index in [1.807, 2.05) is 25.9 Å². The Hall–Kier alpha value is -1.31. The van der Waals surface area contributed by atoms with Gasteiger partial charge in [0.15, 0.2) is 0 Å². The first-order valence-corrected chi connectivity index (χ1v) is 4.42. The molecule has 1 aromatic rings. The highest BCUT2D eigenvalue weighted by Gasteiger charge is 1.96. The molecule has 0 saturated heterocycles. The topological polar surface area (TPSA) is 15.6 Å². The second-order valence-electron chi connectivity index (χ2n) is 3.41. The molecule has 70 valence electrons. The monoisotopic (exact) mass is 176 g/mol. The van der Waals surface area contributed by atoms with Crippen LogP contribution in [0.25, 0.3) is 0 Å². The second kappa shape index (κ2) is 4.08. The van der Waals surface area contributed by atoms with Gasteiger partial charge in [-0.1, -0.05) is 17.7 Å². The average Bonchev–Trinajstić information content (AvgIpc) is 2.04. The lowest BCUT2D eigenvalue weighted by atomic mass is 10.2. The van der Waals surface area contributed by atoms with Gasteiger partial charge in [-0.05, 0) is 32.9 Å². The van der Waals surface area contributed by atoms with Crippen molar-refractivity contribution in [2.75, 3.05) is 12.1 Å². The summed E-state index contributed by atoms with van der Waals surface area (Å²) >= 11 is 0. The molecule has 13 heavy (non-hydrogen) atoms. The highest BCUT2D eigenvalue weighted by atomic mass is 15.4. The number of hydrogen-bond donors (Lipinski definition) is 0. The van der Waals surface area contributed by atoms with Crippen LogP contribution < -0.4 is 5.01 Å². The molecule has 0 aliphatic heterocycles. The Kier molecular flexibility index (Phi) is 3.07. The number of aryl methyl sites for hydroxylation is 1. The maximum absolute atomic E-state index is 4.33. The van der Waals surface area contributed by atoms with Crippen molar-refractivity contribution in [2.24, 2.45) is 5.10 Å². The summed E-state index contributed by atoms with van der Waals surface area (Å²) in [6, 6.07) is 8.32. The molecule has 0 unspecified atom stereocenters. The standard InChI is InChI=1S/C11H16N2/c1-9(2)12-13(4)11-7-5-10(3)6-8-11/h5-8H,1-4H3.